The Kier molecular flexibility index (Phi) is 7.81. The molecule has 6 nitrogen and oxygen atoms in total. The van der Waals surface area contributed by atoms with Gasteiger partial charge in [-0.2, -0.15) is 0 Å². The Labute approximate surface area is 160 Å². The molecule has 0 bridgehead atoms. The molecule has 0 radical (unpaired) electrons. The van der Waals surface area contributed by atoms with Crippen molar-refractivity contribution in [2.45, 2.75) is 17.4 Å². The lowest BCUT2D eigenvalue weighted by molar-refractivity contribution is -0.155. The van der Waals surface area contributed by atoms with Crippen LogP contribution in [0.4, 0.5) is 9.18 Å². The molecule has 0 unspecified atom stereocenters. The van der Waals surface area contributed by atoms with Crippen LogP contribution in [0.1, 0.15) is 18.1 Å². The second-order valence-electron chi connectivity index (χ2n) is 5.40. The van der Waals surface area contributed by atoms with E-state index in [1.807, 2.05) is 0 Å². The van der Waals surface area contributed by atoms with Crippen molar-refractivity contribution in [1.29, 1.82) is 0 Å². The van der Waals surface area contributed by atoms with E-state index in [0.29, 0.717) is 11.3 Å². The molecule has 2 aromatic rings. The summed E-state index contributed by atoms with van der Waals surface area (Å²) in [6.07, 6.45) is -1.18. The van der Waals surface area contributed by atoms with Crippen molar-refractivity contribution < 1.29 is 23.5 Å². The smallest absolute Gasteiger partial charge is 0.321 e. The standard InChI is InChI=1S/C19H19FN2O4S/c1-21-19(25)22-18(24)17(13-5-3-2-4-6-13)26-16(23)11-12-27-15-9-7-14(20)8-10-15/h2-10,17H,11-12H2,1H3,(H2,21,22,24,25)/t17-/m0/s1. The highest BCUT2D eigenvalue weighted by atomic mass is 32.2. The molecule has 27 heavy (non-hydrogen) atoms. The Morgan fingerprint density at radius 2 is 1.74 bits per heavy atom. The van der Waals surface area contributed by atoms with Crippen molar-refractivity contribution >= 4 is 29.7 Å². The first-order valence-corrected chi connectivity index (χ1v) is 9.13. The van der Waals surface area contributed by atoms with Gasteiger partial charge in [-0.15, -0.1) is 11.8 Å². The van der Waals surface area contributed by atoms with Crippen molar-refractivity contribution in [3.05, 3.63) is 66.0 Å². The number of ether oxygens (including phenoxy) is 1. The number of thioether (sulfide) groups is 1. The molecule has 0 fully saturated rings. The summed E-state index contributed by atoms with van der Waals surface area (Å²) in [5, 5.41) is 4.38. The first kappa shape index (κ1) is 20.4. The van der Waals surface area contributed by atoms with Gasteiger partial charge in [0.25, 0.3) is 5.91 Å². The van der Waals surface area contributed by atoms with E-state index in [0.717, 1.165) is 4.90 Å². The van der Waals surface area contributed by atoms with E-state index in [-0.39, 0.29) is 12.2 Å². The van der Waals surface area contributed by atoms with Crippen LogP contribution in [0.25, 0.3) is 0 Å². The van der Waals surface area contributed by atoms with Crippen LogP contribution >= 0.6 is 11.8 Å². The molecule has 8 heteroatoms. The number of nitrogens with one attached hydrogen (secondary N) is 2. The lowest BCUT2D eigenvalue weighted by Gasteiger charge is -2.17. The third kappa shape index (κ3) is 6.74. The fourth-order valence-corrected chi connectivity index (χ4v) is 2.95. The monoisotopic (exact) mass is 390 g/mol. The van der Waals surface area contributed by atoms with Gasteiger partial charge < -0.3 is 10.1 Å². The van der Waals surface area contributed by atoms with Crippen LogP contribution < -0.4 is 10.6 Å². The summed E-state index contributed by atoms with van der Waals surface area (Å²) in [5.41, 5.74) is 0.457. The van der Waals surface area contributed by atoms with Gasteiger partial charge in [0.2, 0.25) is 6.10 Å². The summed E-state index contributed by atoms with van der Waals surface area (Å²) in [6.45, 7) is 0. The van der Waals surface area contributed by atoms with Crippen molar-refractivity contribution in [2.75, 3.05) is 12.8 Å². The Morgan fingerprint density at radius 1 is 1.07 bits per heavy atom. The minimum atomic E-state index is -1.23. The highest BCUT2D eigenvalue weighted by molar-refractivity contribution is 7.99. The third-order valence-electron chi connectivity index (χ3n) is 3.44. The highest BCUT2D eigenvalue weighted by Gasteiger charge is 2.26. The number of urea groups is 1. The number of esters is 1. The molecular formula is C19H19FN2O4S. The second-order valence-corrected chi connectivity index (χ2v) is 6.57. The van der Waals surface area contributed by atoms with E-state index in [1.165, 1.54) is 30.9 Å². The minimum absolute atomic E-state index is 0.0542. The zero-order valence-corrected chi connectivity index (χ0v) is 15.4. The maximum absolute atomic E-state index is 12.9. The number of halogens is 1. The SMILES string of the molecule is CNC(=O)NC(=O)[C@@H](OC(=O)CCSc1ccc(F)cc1)c1ccccc1. The lowest BCUT2D eigenvalue weighted by Crippen LogP contribution is -2.41. The first-order valence-electron chi connectivity index (χ1n) is 8.15. The Balaban J connectivity index is 1.95. The fraction of sp³-hybridized carbons (Fsp3) is 0.211. The number of hydrogen-bond acceptors (Lipinski definition) is 5. The van der Waals surface area contributed by atoms with Gasteiger partial charge in [0.05, 0.1) is 6.42 Å². The van der Waals surface area contributed by atoms with Gasteiger partial charge in [-0.25, -0.2) is 9.18 Å². The van der Waals surface area contributed by atoms with E-state index in [4.69, 9.17) is 4.74 Å². The van der Waals surface area contributed by atoms with Crippen LogP contribution in [0.2, 0.25) is 0 Å². The Hall–Kier alpha value is -2.87. The number of amides is 3. The number of hydrogen-bond donors (Lipinski definition) is 2. The number of carbonyl (C=O) groups is 3. The molecule has 2 N–H and O–H groups in total. The van der Waals surface area contributed by atoms with E-state index in [2.05, 4.69) is 10.6 Å². The summed E-state index contributed by atoms with van der Waals surface area (Å²) < 4.78 is 18.2. The second kappa shape index (κ2) is 10.3. The summed E-state index contributed by atoms with van der Waals surface area (Å²) in [4.78, 5) is 36.6. The quantitative estimate of drug-likeness (QED) is 0.561. The molecular weight excluding hydrogens is 371 g/mol. The van der Waals surface area contributed by atoms with Gasteiger partial charge in [0.1, 0.15) is 5.82 Å². The predicted molar refractivity (Wildman–Crippen MR) is 99.6 cm³/mol. The molecule has 0 aliphatic rings. The van der Waals surface area contributed by atoms with Crippen LogP contribution in [0, 0.1) is 5.82 Å². The molecule has 1 atom stereocenters. The fourth-order valence-electron chi connectivity index (χ4n) is 2.11. The zero-order chi connectivity index (χ0) is 19.6. The van der Waals surface area contributed by atoms with Gasteiger partial charge in [-0.3, -0.25) is 14.9 Å². The zero-order valence-electron chi connectivity index (χ0n) is 14.6. The molecule has 0 saturated heterocycles. The van der Waals surface area contributed by atoms with Crippen molar-refractivity contribution in [3.8, 4) is 0 Å². The highest BCUT2D eigenvalue weighted by Crippen LogP contribution is 2.21. The summed E-state index contributed by atoms with van der Waals surface area (Å²) in [5.74, 6) is -1.24. The third-order valence-corrected chi connectivity index (χ3v) is 4.46. The largest absolute Gasteiger partial charge is 0.447 e. The van der Waals surface area contributed by atoms with Gasteiger partial charge in [0.15, 0.2) is 0 Å². The number of rotatable bonds is 7. The van der Waals surface area contributed by atoms with Gasteiger partial charge >= 0.3 is 12.0 Å². The number of carbonyl (C=O) groups excluding carboxylic acids is 3. The van der Waals surface area contributed by atoms with Gasteiger partial charge in [-0.05, 0) is 24.3 Å². The molecule has 0 spiro atoms. The molecule has 0 aliphatic carbocycles. The summed E-state index contributed by atoms with van der Waals surface area (Å²) in [7, 11) is 1.37. The van der Waals surface area contributed by atoms with Crippen LogP contribution in [0.15, 0.2) is 59.5 Å². The van der Waals surface area contributed by atoms with E-state index >= 15 is 0 Å². The lowest BCUT2D eigenvalue weighted by atomic mass is 10.1. The summed E-state index contributed by atoms with van der Waals surface area (Å²) >= 11 is 1.37. The van der Waals surface area contributed by atoms with Crippen molar-refractivity contribution in [2.24, 2.45) is 0 Å². The molecule has 142 valence electrons. The maximum atomic E-state index is 12.9. The molecule has 2 aromatic carbocycles. The van der Waals surface area contributed by atoms with Gasteiger partial charge in [-0.1, -0.05) is 30.3 Å². The van der Waals surface area contributed by atoms with Crippen LogP contribution in [0.3, 0.4) is 0 Å². The maximum Gasteiger partial charge on any atom is 0.321 e. The molecule has 0 aliphatic heterocycles. The Morgan fingerprint density at radius 3 is 2.37 bits per heavy atom. The number of benzene rings is 2. The molecule has 0 aromatic heterocycles. The first-order chi connectivity index (χ1) is 13.0. The van der Waals surface area contributed by atoms with Crippen molar-refractivity contribution in [1.82, 2.24) is 10.6 Å². The molecule has 0 heterocycles. The predicted octanol–water partition coefficient (Wildman–Crippen LogP) is 3.05. The average molecular weight is 390 g/mol. The van der Waals surface area contributed by atoms with Crippen LogP contribution in [-0.2, 0) is 14.3 Å². The Bertz CT molecular complexity index is 784. The topological polar surface area (TPSA) is 84.5 Å². The van der Waals surface area contributed by atoms with Crippen molar-refractivity contribution in [3.63, 3.8) is 0 Å². The number of imide groups is 1. The van der Waals surface area contributed by atoms with Crippen LogP contribution in [-0.4, -0.2) is 30.7 Å². The minimum Gasteiger partial charge on any atom is -0.447 e. The van der Waals surface area contributed by atoms with E-state index < -0.39 is 24.0 Å². The molecule has 0 saturated carbocycles. The molecule has 2 rings (SSSR count). The van der Waals surface area contributed by atoms with Gasteiger partial charge in [0, 0.05) is 23.3 Å². The van der Waals surface area contributed by atoms with E-state index in [9.17, 15) is 18.8 Å². The normalized spacial score (nSPS) is 11.3. The summed E-state index contributed by atoms with van der Waals surface area (Å²) in [6, 6.07) is 13.7. The van der Waals surface area contributed by atoms with Crippen LogP contribution in [0.5, 0.6) is 0 Å². The average Bonchev–Trinajstić information content (AvgIpc) is 2.68. The molecule has 3 amide bonds. The van der Waals surface area contributed by atoms with E-state index in [1.54, 1.807) is 42.5 Å².